The Morgan fingerprint density at radius 1 is 1.26 bits per heavy atom. The number of aliphatic hydroxyl groups excluding tert-OH is 2. The summed E-state index contributed by atoms with van der Waals surface area (Å²) in [6.45, 7) is 0.554. The number of hydrogen-bond donors (Lipinski definition) is 3. The van der Waals surface area contributed by atoms with Gasteiger partial charge in [0.05, 0.1) is 47.0 Å². The van der Waals surface area contributed by atoms with Crippen LogP contribution in [0.4, 0.5) is 35.3 Å². The topological polar surface area (TPSA) is 124 Å². The number of aromatic nitrogens is 3. The van der Waals surface area contributed by atoms with Crippen molar-refractivity contribution in [3.8, 4) is 17.1 Å². The Balaban J connectivity index is 1.48. The number of nitrogens with one attached hydrogen (secondary N) is 1. The highest BCUT2D eigenvalue weighted by atomic mass is 35.5. The summed E-state index contributed by atoms with van der Waals surface area (Å²) < 4.78 is 45.4. The van der Waals surface area contributed by atoms with E-state index < -0.39 is 30.5 Å². The van der Waals surface area contributed by atoms with Gasteiger partial charge in [0.25, 0.3) is 0 Å². The highest BCUT2D eigenvalue weighted by Crippen LogP contribution is 2.43. The lowest BCUT2D eigenvalue weighted by Crippen LogP contribution is -2.56. The lowest BCUT2D eigenvalue weighted by Gasteiger charge is -2.46. The van der Waals surface area contributed by atoms with Gasteiger partial charge in [0.1, 0.15) is 12.7 Å². The second kappa shape index (κ2) is 10.8. The van der Waals surface area contributed by atoms with Crippen LogP contribution in [0.5, 0.6) is 5.88 Å². The van der Waals surface area contributed by atoms with Crippen molar-refractivity contribution in [2.24, 2.45) is 0 Å². The van der Waals surface area contributed by atoms with Gasteiger partial charge in [-0.2, -0.15) is 18.2 Å². The Bertz CT molecular complexity index is 1380. The first-order chi connectivity index (χ1) is 18.6. The molecule has 0 radical (unpaired) electrons. The molecular formula is C25H24ClF3N6O4. The number of rotatable bonds is 6. The maximum Gasteiger partial charge on any atom is 0.416 e. The van der Waals surface area contributed by atoms with E-state index in [4.69, 9.17) is 21.4 Å². The van der Waals surface area contributed by atoms with E-state index in [9.17, 15) is 23.1 Å². The second-order valence-electron chi connectivity index (χ2n) is 9.17. The highest BCUT2D eigenvalue weighted by Gasteiger charge is 2.39. The van der Waals surface area contributed by atoms with Gasteiger partial charge in [-0.25, -0.2) is 9.78 Å². The van der Waals surface area contributed by atoms with E-state index in [0.717, 1.165) is 25.1 Å². The van der Waals surface area contributed by atoms with Crippen LogP contribution >= 0.6 is 11.6 Å². The van der Waals surface area contributed by atoms with Gasteiger partial charge in [-0.15, -0.1) is 0 Å². The Morgan fingerprint density at radius 3 is 2.85 bits per heavy atom. The first kappa shape index (κ1) is 26.9. The summed E-state index contributed by atoms with van der Waals surface area (Å²) >= 11 is 6.52. The molecule has 2 atom stereocenters. The summed E-state index contributed by atoms with van der Waals surface area (Å²) in [5.41, 5.74) is 0.0589. The number of ether oxygens (including phenoxy) is 1. The molecule has 0 unspecified atom stereocenters. The van der Waals surface area contributed by atoms with E-state index in [1.54, 1.807) is 6.07 Å². The first-order valence-corrected chi connectivity index (χ1v) is 12.5. The van der Waals surface area contributed by atoms with Gasteiger partial charge in [0.15, 0.2) is 11.6 Å². The molecule has 10 nitrogen and oxygen atoms in total. The summed E-state index contributed by atoms with van der Waals surface area (Å²) in [5.74, 6) is 0.370. The number of aliphatic hydroxyl groups is 2. The van der Waals surface area contributed by atoms with Crippen molar-refractivity contribution < 1.29 is 32.9 Å². The fourth-order valence-corrected chi connectivity index (χ4v) is 4.88. The number of pyridine rings is 1. The molecule has 3 N–H and O–H groups in total. The predicted molar refractivity (Wildman–Crippen MR) is 137 cm³/mol. The van der Waals surface area contributed by atoms with E-state index in [-0.39, 0.29) is 46.4 Å². The SMILES string of the molecule is O=C(Nc1cncc(OC[C@@H](O)CO)n1)N1c2nc(-c3cccc(C(F)(F)F)c3)c(Cl)cc2N2CCC[C@H]1C2. The molecule has 2 amide bonds. The van der Waals surface area contributed by atoms with Gasteiger partial charge in [0, 0.05) is 18.7 Å². The molecule has 1 aromatic carbocycles. The Labute approximate surface area is 226 Å². The van der Waals surface area contributed by atoms with E-state index in [0.29, 0.717) is 18.7 Å². The number of nitrogens with zero attached hydrogens (tertiary/aromatic N) is 5. The summed E-state index contributed by atoms with van der Waals surface area (Å²) in [6, 6.07) is 5.53. The summed E-state index contributed by atoms with van der Waals surface area (Å²) in [6.07, 6.45) is -1.53. The number of alkyl halides is 3. The molecule has 0 saturated carbocycles. The zero-order valence-corrected chi connectivity index (χ0v) is 21.2. The standard InChI is InChI=1S/C25H24ClF3N6O4/c26-18-8-19-23(33-22(18)14-3-1-4-15(7-14)25(27,28)29)35(16-5-2-6-34(19)11-16)24(38)32-20-9-30-10-21(31-20)39-13-17(37)12-36/h1,3-4,7-10,16-17,36-37H,2,5-6,11-13H2,(H,31,32,38)/t16-,17-/m0/s1. The van der Waals surface area contributed by atoms with E-state index >= 15 is 0 Å². The zero-order chi connectivity index (χ0) is 27.7. The molecule has 2 aliphatic heterocycles. The largest absolute Gasteiger partial charge is 0.474 e. The van der Waals surface area contributed by atoms with Gasteiger partial charge >= 0.3 is 12.2 Å². The number of benzene rings is 1. The van der Waals surface area contributed by atoms with Crippen LogP contribution in [0.1, 0.15) is 18.4 Å². The van der Waals surface area contributed by atoms with Crippen molar-refractivity contribution in [2.75, 3.05) is 41.4 Å². The zero-order valence-electron chi connectivity index (χ0n) is 20.4. The van der Waals surface area contributed by atoms with Crippen LogP contribution in [-0.4, -0.2) is 69.6 Å². The van der Waals surface area contributed by atoms with Crippen LogP contribution in [0, 0.1) is 0 Å². The normalized spacial score (nSPS) is 17.4. The van der Waals surface area contributed by atoms with E-state index in [2.05, 4.69) is 25.2 Å². The minimum Gasteiger partial charge on any atom is -0.474 e. The first-order valence-electron chi connectivity index (χ1n) is 12.1. The van der Waals surface area contributed by atoms with Crippen LogP contribution in [0.2, 0.25) is 5.02 Å². The van der Waals surface area contributed by atoms with Crippen molar-refractivity contribution >= 4 is 35.0 Å². The van der Waals surface area contributed by atoms with Crippen LogP contribution in [0.3, 0.4) is 0 Å². The van der Waals surface area contributed by atoms with Crippen LogP contribution in [0.25, 0.3) is 11.3 Å². The number of carbonyl (C=O) groups excluding carboxylic acids is 1. The number of piperidine rings is 1. The van der Waals surface area contributed by atoms with E-state index in [1.807, 2.05) is 0 Å². The molecule has 1 fully saturated rings. The third kappa shape index (κ3) is 5.70. The van der Waals surface area contributed by atoms with Crippen molar-refractivity contribution in [2.45, 2.75) is 31.2 Å². The Kier molecular flexibility index (Phi) is 7.47. The second-order valence-corrected chi connectivity index (χ2v) is 9.58. The lowest BCUT2D eigenvalue weighted by molar-refractivity contribution is -0.137. The minimum atomic E-state index is -4.54. The van der Waals surface area contributed by atoms with Crippen LogP contribution in [-0.2, 0) is 6.18 Å². The molecule has 4 heterocycles. The molecule has 2 aliphatic rings. The molecular weight excluding hydrogens is 541 g/mol. The molecule has 39 heavy (non-hydrogen) atoms. The number of halogens is 4. The van der Waals surface area contributed by atoms with E-state index in [1.165, 1.54) is 29.4 Å². The number of amides is 2. The van der Waals surface area contributed by atoms with Crippen LogP contribution in [0.15, 0.2) is 42.7 Å². The fraction of sp³-hybridized carbons (Fsp3) is 0.360. The minimum absolute atomic E-state index is 0.0277. The fourth-order valence-electron chi connectivity index (χ4n) is 4.63. The number of anilines is 3. The summed E-state index contributed by atoms with van der Waals surface area (Å²) in [4.78, 5) is 29.9. The summed E-state index contributed by atoms with van der Waals surface area (Å²) in [5, 5.41) is 21.3. The molecule has 0 aliphatic carbocycles. The number of carbonyl (C=O) groups is 1. The van der Waals surface area contributed by atoms with Gasteiger partial charge in [-0.1, -0.05) is 23.7 Å². The Morgan fingerprint density at radius 2 is 2.08 bits per heavy atom. The number of hydrogen-bond acceptors (Lipinski definition) is 8. The maximum absolute atomic E-state index is 13.6. The van der Waals surface area contributed by atoms with Crippen LogP contribution < -0.4 is 19.9 Å². The molecule has 2 aromatic heterocycles. The molecule has 5 rings (SSSR count). The molecule has 1 saturated heterocycles. The van der Waals surface area contributed by atoms with Crippen molar-refractivity contribution in [3.05, 3.63) is 53.3 Å². The molecule has 2 bridgehead atoms. The average Bonchev–Trinajstić information content (AvgIpc) is 2.92. The average molecular weight is 565 g/mol. The third-order valence-corrected chi connectivity index (χ3v) is 6.72. The molecule has 206 valence electrons. The van der Waals surface area contributed by atoms with Gasteiger partial charge < -0.3 is 19.8 Å². The quantitative estimate of drug-likeness (QED) is 0.411. The lowest BCUT2D eigenvalue weighted by atomic mass is 9.99. The van der Waals surface area contributed by atoms with Gasteiger partial charge in [0.2, 0.25) is 5.88 Å². The monoisotopic (exact) mass is 564 g/mol. The molecule has 14 heteroatoms. The number of fused-ring (bicyclic) bond motifs is 4. The van der Waals surface area contributed by atoms with Crippen molar-refractivity contribution in [1.82, 2.24) is 15.0 Å². The molecule has 3 aromatic rings. The third-order valence-electron chi connectivity index (χ3n) is 6.43. The van der Waals surface area contributed by atoms with Crippen molar-refractivity contribution in [1.29, 1.82) is 0 Å². The Hall–Kier alpha value is -3.68. The summed E-state index contributed by atoms with van der Waals surface area (Å²) in [7, 11) is 0. The smallest absolute Gasteiger partial charge is 0.416 e. The maximum atomic E-state index is 13.6. The highest BCUT2D eigenvalue weighted by molar-refractivity contribution is 6.33. The van der Waals surface area contributed by atoms with Gasteiger partial charge in [-0.3, -0.25) is 15.2 Å². The van der Waals surface area contributed by atoms with Crippen molar-refractivity contribution in [3.63, 3.8) is 0 Å². The molecule has 0 spiro atoms. The van der Waals surface area contributed by atoms with Gasteiger partial charge in [-0.05, 0) is 31.0 Å². The number of urea groups is 1. The predicted octanol–water partition coefficient (Wildman–Crippen LogP) is 3.96.